The number of aromatic carboxylic acids is 1. The molecule has 0 aliphatic carbocycles. The number of aryl methyl sites for hydroxylation is 1. The number of phenols is 1. The first-order chi connectivity index (χ1) is 14.5. The van der Waals surface area contributed by atoms with Crippen molar-refractivity contribution in [3.05, 3.63) is 57.1 Å². The lowest BCUT2D eigenvalue weighted by atomic mass is 9.84. The third-order valence-corrected chi connectivity index (χ3v) is 6.36. The SMILES string of the molecule is Cc1c(C)c2c(c(C)c1O)CCC(C)(CCc1cc(CN=C(N)N)ccc1C(=O)O)O2. The molecule has 31 heavy (non-hydrogen) atoms. The fourth-order valence-corrected chi connectivity index (χ4v) is 4.21. The molecule has 7 nitrogen and oxygen atoms in total. The molecule has 0 spiro atoms. The van der Waals surface area contributed by atoms with Crippen LogP contribution in [0.25, 0.3) is 0 Å². The first-order valence-corrected chi connectivity index (χ1v) is 10.4. The summed E-state index contributed by atoms with van der Waals surface area (Å²) >= 11 is 0. The number of fused-ring (bicyclic) bond motifs is 1. The topological polar surface area (TPSA) is 131 Å². The summed E-state index contributed by atoms with van der Waals surface area (Å²) in [5.74, 6) is 0.229. The lowest BCUT2D eigenvalue weighted by molar-refractivity contribution is 0.0547. The molecule has 2 aromatic carbocycles. The van der Waals surface area contributed by atoms with Crippen LogP contribution in [0.1, 0.15) is 63.5 Å². The van der Waals surface area contributed by atoms with Gasteiger partial charge in [0, 0.05) is 5.56 Å². The van der Waals surface area contributed by atoms with Gasteiger partial charge < -0.3 is 26.4 Å². The third kappa shape index (κ3) is 4.60. The zero-order valence-corrected chi connectivity index (χ0v) is 18.6. The number of carboxylic acid groups (broad SMARTS) is 1. The van der Waals surface area contributed by atoms with E-state index in [4.69, 9.17) is 16.2 Å². The Labute approximate surface area is 182 Å². The Bertz CT molecular complexity index is 1060. The zero-order chi connectivity index (χ0) is 22.9. The van der Waals surface area contributed by atoms with E-state index in [-0.39, 0.29) is 11.5 Å². The maximum absolute atomic E-state index is 11.7. The minimum absolute atomic E-state index is 0.00219. The van der Waals surface area contributed by atoms with Crippen LogP contribution < -0.4 is 16.2 Å². The third-order valence-electron chi connectivity index (χ3n) is 6.36. The molecule has 0 fully saturated rings. The number of benzene rings is 2. The Morgan fingerprint density at radius 1 is 1.19 bits per heavy atom. The molecular formula is C24H31N3O4. The maximum atomic E-state index is 11.7. The molecule has 7 heteroatoms. The molecule has 0 saturated heterocycles. The molecular weight excluding hydrogens is 394 g/mol. The van der Waals surface area contributed by atoms with Crippen molar-refractivity contribution in [1.29, 1.82) is 0 Å². The number of aromatic hydroxyl groups is 1. The summed E-state index contributed by atoms with van der Waals surface area (Å²) in [5, 5.41) is 20.0. The molecule has 1 aliphatic heterocycles. The number of guanidine groups is 1. The van der Waals surface area contributed by atoms with E-state index in [0.29, 0.717) is 25.1 Å². The number of carbonyl (C=O) groups is 1. The Morgan fingerprint density at radius 3 is 2.55 bits per heavy atom. The average molecular weight is 426 g/mol. The molecule has 1 aliphatic rings. The predicted octanol–water partition coefficient (Wildman–Crippen LogP) is 3.51. The smallest absolute Gasteiger partial charge is 0.335 e. The minimum atomic E-state index is -0.957. The number of aliphatic imine (C=N–C) groups is 1. The Morgan fingerprint density at radius 2 is 1.90 bits per heavy atom. The molecule has 1 heterocycles. The summed E-state index contributed by atoms with van der Waals surface area (Å²) in [4.78, 5) is 15.7. The standard InChI is InChI=1S/C24H31N3O4/c1-13-14(2)21-18(15(3)20(13)28)8-10-24(4,31-21)9-7-17-11-16(12-27-23(25)26)5-6-19(17)22(29)30/h5-6,11,28H,7-10,12H2,1-4H3,(H,29,30)(H4,25,26,27). The first-order valence-electron chi connectivity index (χ1n) is 10.4. The molecule has 2 aromatic rings. The molecule has 3 rings (SSSR count). The van der Waals surface area contributed by atoms with Crippen LogP contribution in [0.3, 0.4) is 0 Å². The number of phenolic OH excluding ortho intramolecular Hbond substituents is 1. The van der Waals surface area contributed by atoms with Crippen LogP contribution in [-0.2, 0) is 19.4 Å². The monoisotopic (exact) mass is 425 g/mol. The Kier molecular flexibility index (Phi) is 6.15. The number of nitrogens with zero attached hydrogens (tertiary/aromatic N) is 1. The molecule has 0 bridgehead atoms. The number of ether oxygens (including phenoxy) is 1. The van der Waals surface area contributed by atoms with Crippen molar-refractivity contribution in [1.82, 2.24) is 0 Å². The van der Waals surface area contributed by atoms with Crippen molar-refractivity contribution in [2.24, 2.45) is 16.5 Å². The average Bonchev–Trinajstić information content (AvgIpc) is 2.73. The van der Waals surface area contributed by atoms with Crippen molar-refractivity contribution < 1.29 is 19.7 Å². The van der Waals surface area contributed by atoms with Gasteiger partial charge in [-0.25, -0.2) is 9.79 Å². The van der Waals surface area contributed by atoms with Crippen molar-refractivity contribution in [3.8, 4) is 11.5 Å². The second-order valence-electron chi connectivity index (χ2n) is 8.62. The van der Waals surface area contributed by atoms with Gasteiger partial charge in [-0.2, -0.15) is 0 Å². The van der Waals surface area contributed by atoms with E-state index >= 15 is 0 Å². The fraction of sp³-hybridized carbons (Fsp3) is 0.417. The van der Waals surface area contributed by atoms with E-state index in [9.17, 15) is 15.0 Å². The van der Waals surface area contributed by atoms with Crippen LogP contribution in [0, 0.1) is 20.8 Å². The van der Waals surface area contributed by atoms with Crippen molar-refractivity contribution >= 4 is 11.9 Å². The van der Waals surface area contributed by atoms with Crippen LogP contribution in [0.4, 0.5) is 0 Å². The van der Waals surface area contributed by atoms with Gasteiger partial charge in [0.2, 0.25) is 0 Å². The number of hydrogen-bond acceptors (Lipinski definition) is 4. The van der Waals surface area contributed by atoms with Crippen molar-refractivity contribution in [2.45, 2.75) is 65.5 Å². The fourth-order valence-electron chi connectivity index (χ4n) is 4.21. The Hall–Kier alpha value is -3.22. The lowest BCUT2D eigenvalue weighted by Crippen LogP contribution is -2.37. The quantitative estimate of drug-likeness (QED) is 0.414. The van der Waals surface area contributed by atoms with Crippen molar-refractivity contribution in [3.63, 3.8) is 0 Å². The first kappa shape index (κ1) is 22.5. The van der Waals surface area contributed by atoms with Gasteiger partial charge in [-0.1, -0.05) is 12.1 Å². The van der Waals surface area contributed by atoms with Gasteiger partial charge in [0.1, 0.15) is 17.1 Å². The summed E-state index contributed by atoms with van der Waals surface area (Å²) in [6.07, 6.45) is 2.82. The summed E-state index contributed by atoms with van der Waals surface area (Å²) in [6, 6.07) is 5.19. The van der Waals surface area contributed by atoms with Crippen LogP contribution in [0.5, 0.6) is 11.5 Å². The molecule has 1 atom stereocenters. The van der Waals surface area contributed by atoms with E-state index in [0.717, 1.165) is 52.0 Å². The van der Waals surface area contributed by atoms with E-state index in [1.807, 2.05) is 26.8 Å². The van der Waals surface area contributed by atoms with Gasteiger partial charge in [0.25, 0.3) is 0 Å². The van der Waals surface area contributed by atoms with Crippen LogP contribution >= 0.6 is 0 Å². The molecule has 1 unspecified atom stereocenters. The highest BCUT2D eigenvalue weighted by Gasteiger charge is 2.34. The molecule has 166 valence electrons. The molecule has 0 radical (unpaired) electrons. The Balaban J connectivity index is 1.85. The minimum Gasteiger partial charge on any atom is -0.507 e. The van der Waals surface area contributed by atoms with Gasteiger partial charge in [0.05, 0.1) is 12.1 Å². The van der Waals surface area contributed by atoms with Crippen LogP contribution in [0.15, 0.2) is 23.2 Å². The number of rotatable bonds is 6. The van der Waals surface area contributed by atoms with Gasteiger partial charge >= 0.3 is 5.97 Å². The van der Waals surface area contributed by atoms with Gasteiger partial charge in [-0.05, 0) is 87.3 Å². The second kappa shape index (κ2) is 8.49. The second-order valence-corrected chi connectivity index (χ2v) is 8.62. The van der Waals surface area contributed by atoms with Gasteiger partial charge in [-0.3, -0.25) is 0 Å². The molecule has 0 saturated carbocycles. The summed E-state index contributed by atoms with van der Waals surface area (Å²) in [7, 11) is 0. The van der Waals surface area contributed by atoms with E-state index in [1.54, 1.807) is 12.1 Å². The van der Waals surface area contributed by atoms with Gasteiger partial charge in [0.15, 0.2) is 5.96 Å². The predicted molar refractivity (Wildman–Crippen MR) is 121 cm³/mol. The van der Waals surface area contributed by atoms with E-state index in [2.05, 4.69) is 11.9 Å². The molecule has 6 N–H and O–H groups in total. The van der Waals surface area contributed by atoms with Crippen molar-refractivity contribution in [2.75, 3.05) is 0 Å². The molecule has 0 aromatic heterocycles. The zero-order valence-electron chi connectivity index (χ0n) is 18.6. The highest BCUT2D eigenvalue weighted by molar-refractivity contribution is 5.89. The summed E-state index contributed by atoms with van der Waals surface area (Å²) in [6.45, 7) is 8.16. The number of hydrogen-bond donors (Lipinski definition) is 4. The van der Waals surface area contributed by atoms with Gasteiger partial charge in [-0.15, -0.1) is 0 Å². The van der Waals surface area contributed by atoms with Crippen LogP contribution in [-0.4, -0.2) is 27.7 Å². The highest BCUT2D eigenvalue weighted by Crippen LogP contribution is 2.44. The van der Waals surface area contributed by atoms with E-state index < -0.39 is 11.6 Å². The van der Waals surface area contributed by atoms with Crippen LogP contribution in [0.2, 0.25) is 0 Å². The number of nitrogens with two attached hydrogens (primary N) is 2. The number of carboxylic acids is 1. The maximum Gasteiger partial charge on any atom is 0.335 e. The normalized spacial score (nSPS) is 17.5. The lowest BCUT2D eigenvalue weighted by Gasteiger charge is -2.38. The summed E-state index contributed by atoms with van der Waals surface area (Å²) < 4.78 is 6.48. The van der Waals surface area contributed by atoms with E-state index in [1.165, 1.54) is 0 Å². The summed E-state index contributed by atoms with van der Waals surface area (Å²) in [5.41, 5.74) is 16.0. The largest absolute Gasteiger partial charge is 0.507 e. The molecule has 0 amide bonds. The highest BCUT2D eigenvalue weighted by atomic mass is 16.5.